The fraction of sp³-hybridized carbons (Fsp3) is 0.647. The third-order valence-electron chi connectivity index (χ3n) is 4.10. The van der Waals surface area contributed by atoms with Crippen LogP contribution in [0.1, 0.15) is 55.4 Å². The Hall–Kier alpha value is -0.820. The van der Waals surface area contributed by atoms with E-state index in [1.54, 1.807) is 5.56 Å². The number of rotatable bonds is 3. The second-order valence-electron chi connectivity index (χ2n) is 7.03. The van der Waals surface area contributed by atoms with Crippen LogP contribution in [-0.4, -0.2) is 12.1 Å². The van der Waals surface area contributed by atoms with Gasteiger partial charge in [-0.2, -0.15) is 0 Å². The van der Waals surface area contributed by atoms with Crippen molar-refractivity contribution in [3.8, 4) is 0 Å². The molecule has 0 amide bonds. The first-order valence-electron chi connectivity index (χ1n) is 7.11. The second kappa shape index (κ2) is 4.70. The molecular formula is C17H27N. The van der Waals surface area contributed by atoms with Crippen LogP contribution < -0.4 is 5.32 Å². The molecule has 2 atom stereocenters. The first kappa shape index (κ1) is 13.6. The predicted octanol–water partition coefficient (Wildman–Crippen LogP) is 4.10. The molecule has 0 spiro atoms. The van der Waals surface area contributed by atoms with Gasteiger partial charge in [-0.25, -0.2) is 0 Å². The van der Waals surface area contributed by atoms with Gasteiger partial charge in [0.1, 0.15) is 0 Å². The summed E-state index contributed by atoms with van der Waals surface area (Å²) in [7, 11) is 0. The van der Waals surface area contributed by atoms with Crippen LogP contribution in [0, 0.1) is 26.7 Å². The smallest absolute Gasteiger partial charge is 0.00966 e. The lowest BCUT2D eigenvalue weighted by Crippen LogP contribution is -2.37. The van der Waals surface area contributed by atoms with Crippen molar-refractivity contribution in [1.82, 2.24) is 5.32 Å². The van der Waals surface area contributed by atoms with Crippen molar-refractivity contribution in [2.45, 2.75) is 59.4 Å². The van der Waals surface area contributed by atoms with Gasteiger partial charge < -0.3 is 5.32 Å². The molecule has 2 rings (SSSR count). The minimum atomic E-state index is 0.241. The molecule has 0 radical (unpaired) electrons. The Balaban J connectivity index is 2.01. The lowest BCUT2D eigenvalue weighted by Gasteiger charge is -2.20. The molecule has 1 heteroatoms. The molecule has 0 saturated heterocycles. The minimum absolute atomic E-state index is 0.241. The van der Waals surface area contributed by atoms with E-state index in [2.05, 4.69) is 59.0 Å². The Morgan fingerprint density at radius 1 is 1.06 bits per heavy atom. The third kappa shape index (κ3) is 3.14. The highest BCUT2D eigenvalue weighted by atomic mass is 15.0. The molecule has 0 aliphatic heterocycles. The van der Waals surface area contributed by atoms with Gasteiger partial charge in [0, 0.05) is 5.54 Å². The van der Waals surface area contributed by atoms with Crippen molar-refractivity contribution >= 4 is 0 Å². The molecular weight excluding hydrogens is 218 g/mol. The van der Waals surface area contributed by atoms with E-state index in [1.165, 1.54) is 23.1 Å². The number of hydrogen-bond acceptors (Lipinski definition) is 1. The van der Waals surface area contributed by atoms with E-state index in [0.717, 1.165) is 18.4 Å². The first-order valence-corrected chi connectivity index (χ1v) is 7.11. The van der Waals surface area contributed by atoms with Gasteiger partial charge in [-0.3, -0.25) is 0 Å². The molecule has 1 fully saturated rings. The van der Waals surface area contributed by atoms with Crippen molar-refractivity contribution in [3.63, 3.8) is 0 Å². The van der Waals surface area contributed by atoms with Crippen molar-refractivity contribution < 1.29 is 0 Å². The molecule has 1 aliphatic rings. The lowest BCUT2D eigenvalue weighted by molar-refractivity contribution is 0.414. The van der Waals surface area contributed by atoms with Gasteiger partial charge in [-0.05, 0) is 88.6 Å². The molecule has 1 N–H and O–H groups in total. The Bertz CT molecular complexity index is 440. The van der Waals surface area contributed by atoms with Gasteiger partial charge in [0.25, 0.3) is 0 Å². The summed E-state index contributed by atoms with van der Waals surface area (Å²) in [5.41, 5.74) is 6.15. The van der Waals surface area contributed by atoms with Crippen molar-refractivity contribution in [2.24, 2.45) is 5.92 Å². The van der Waals surface area contributed by atoms with Gasteiger partial charge in [0.2, 0.25) is 0 Å². The molecule has 0 heterocycles. The molecule has 18 heavy (non-hydrogen) atoms. The summed E-state index contributed by atoms with van der Waals surface area (Å²) in [6.07, 6.45) is 1.35. The van der Waals surface area contributed by atoms with E-state index in [-0.39, 0.29) is 5.54 Å². The molecule has 100 valence electrons. The molecule has 0 bridgehead atoms. The van der Waals surface area contributed by atoms with Gasteiger partial charge >= 0.3 is 0 Å². The number of hydrogen-bond donors (Lipinski definition) is 1. The van der Waals surface area contributed by atoms with E-state index in [0.29, 0.717) is 0 Å². The highest BCUT2D eigenvalue weighted by Gasteiger charge is 2.39. The van der Waals surface area contributed by atoms with Crippen LogP contribution in [0.5, 0.6) is 0 Å². The van der Waals surface area contributed by atoms with Crippen LogP contribution in [0.2, 0.25) is 0 Å². The summed E-state index contributed by atoms with van der Waals surface area (Å²) >= 11 is 0. The number of benzene rings is 1. The SMILES string of the molecule is Cc1cc(C)c(C2CC2CNC(C)(C)C)cc1C. The normalized spacial score (nSPS) is 23.2. The zero-order valence-electron chi connectivity index (χ0n) is 12.7. The standard InChI is InChI=1S/C17H27N/c1-11-7-13(3)15(8-12(11)2)16-9-14(16)10-18-17(4,5)6/h7-8,14,16,18H,9-10H2,1-6H3. The summed E-state index contributed by atoms with van der Waals surface area (Å²) in [5, 5.41) is 3.63. The Morgan fingerprint density at radius 2 is 1.67 bits per heavy atom. The fourth-order valence-corrected chi connectivity index (χ4v) is 2.67. The Labute approximate surface area is 112 Å². The van der Waals surface area contributed by atoms with Crippen LogP contribution in [0.4, 0.5) is 0 Å². The van der Waals surface area contributed by atoms with E-state index in [9.17, 15) is 0 Å². The molecule has 0 aromatic heterocycles. The van der Waals surface area contributed by atoms with Crippen LogP contribution in [-0.2, 0) is 0 Å². The third-order valence-corrected chi connectivity index (χ3v) is 4.10. The molecule has 1 aliphatic carbocycles. The summed E-state index contributed by atoms with van der Waals surface area (Å²) in [6.45, 7) is 14.6. The second-order valence-corrected chi connectivity index (χ2v) is 7.03. The van der Waals surface area contributed by atoms with Crippen LogP contribution in [0.3, 0.4) is 0 Å². The monoisotopic (exact) mass is 245 g/mol. The van der Waals surface area contributed by atoms with E-state index >= 15 is 0 Å². The van der Waals surface area contributed by atoms with Crippen LogP contribution >= 0.6 is 0 Å². The molecule has 2 unspecified atom stereocenters. The topological polar surface area (TPSA) is 12.0 Å². The van der Waals surface area contributed by atoms with Crippen molar-refractivity contribution in [2.75, 3.05) is 6.54 Å². The number of aryl methyl sites for hydroxylation is 3. The fourth-order valence-electron chi connectivity index (χ4n) is 2.67. The molecule has 1 nitrogen and oxygen atoms in total. The maximum absolute atomic E-state index is 3.63. The highest BCUT2D eigenvalue weighted by molar-refractivity contribution is 5.41. The Morgan fingerprint density at radius 3 is 2.28 bits per heavy atom. The van der Waals surface area contributed by atoms with Crippen molar-refractivity contribution in [1.29, 1.82) is 0 Å². The summed E-state index contributed by atoms with van der Waals surface area (Å²) in [4.78, 5) is 0. The predicted molar refractivity (Wildman–Crippen MR) is 79.3 cm³/mol. The summed E-state index contributed by atoms with van der Waals surface area (Å²) in [5.74, 6) is 1.63. The lowest BCUT2D eigenvalue weighted by atomic mass is 9.97. The maximum Gasteiger partial charge on any atom is 0.00966 e. The van der Waals surface area contributed by atoms with E-state index in [4.69, 9.17) is 0 Å². The van der Waals surface area contributed by atoms with E-state index in [1.807, 2.05) is 0 Å². The van der Waals surface area contributed by atoms with Gasteiger partial charge in [0.15, 0.2) is 0 Å². The number of nitrogens with one attached hydrogen (secondary N) is 1. The first-order chi connectivity index (χ1) is 8.28. The minimum Gasteiger partial charge on any atom is -0.312 e. The van der Waals surface area contributed by atoms with Crippen LogP contribution in [0.25, 0.3) is 0 Å². The summed E-state index contributed by atoms with van der Waals surface area (Å²) in [6, 6.07) is 4.75. The van der Waals surface area contributed by atoms with E-state index < -0.39 is 0 Å². The summed E-state index contributed by atoms with van der Waals surface area (Å²) < 4.78 is 0. The van der Waals surface area contributed by atoms with Crippen LogP contribution in [0.15, 0.2) is 12.1 Å². The Kier molecular flexibility index (Phi) is 3.55. The zero-order valence-corrected chi connectivity index (χ0v) is 12.7. The zero-order chi connectivity index (χ0) is 13.5. The molecule has 1 aromatic rings. The molecule has 1 saturated carbocycles. The quantitative estimate of drug-likeness (QED) is 0.845. The van der Waals surface area contributed by atoms with Gasteiger partial charge in [-0.15, -0.1) is 0 Å². The largest absolute Gasteiger partial charge is 0.312 e. The van der Waals surface area contributed by atoms with Crippen molar-refractivity contribution in [3.05, 3.63) is 34.4 Å². The maximum atomic E-state index is 3.63. The van der Waals surface area contributed by atoms with Gasteiger partial charge in [0.05, 0.1) is 0 Å². The highest BCUT2D eigenvalue weighted by Crippen LogP contribution is 2.48. The average Bonchev–Trinajstić information content (AvgIpc) is 2.99. The van der Waals surface area contributed by atoms with Gasteiger partial charge in [-0.1, -0.05) is 12.1 Å². The average molecular weight is 245 g/mol. The molecule has 1 aromatic carbocycles.